The molecule has 0 aliphatic carbocycles. The van der Waals surface area contributed by atoms with Crippen molar-refractivity contribution in [2.75, 3.05) is 31.9 Å². The highest BCUT2D eigenvalue weighted by Gasteiger charge is 2.24. The van der Waals surface area contributed by atoms with Gasteiger partial charge in [0.2, 0.25) is 10.0 Å². The molecule has 0 bridgehead atoms. The van der Waals surface area contributed by atoms with Gasteiger partial charge in [-0.3, -0.25) is 4.68 Å². The quantitative estimate of drug-likeness (QED) is 0.797. The third-order valence-electron chi connectivity index (χ3n) is 4.08. The number of nitrogens with zero attached hydrogens (tertiary/aromatic N) is 3. The normalized spacial score (nSPS) is 18.2. The predicted molar refractivity (Wildman–Crippen MR) is 82.3 cm³/mol. The van der Waals surface area contributed by atoms with Crippen LogP contribution in [0.2, 0.25) is 0 Å². The molecular weight excluding hydrogens is 290 g/mol. The molecule has 3 N–H and O–H groups in total. The Kier molecular flexibility index (Phi) is 5.23. The Labute approximate surface area is 126 Å². The van der Waals surface area contributed by atoms with Crippen molar-refractivity contribution in [1.29, 1.82) is 0 Å². The van der Waals surface area contributed by atoms with Gasteiger partial charge in [-0.05, 0) is 45.3 Å². The Morgan fingerprint density at radius 1 is 1.33 bits per heavy atom. The summed E-state index contributed by atoms with van der Waals surface area (Å²) in [5.74, 6) is 0.454. The van der Waals surface area contributed by atoms with E-state index in [1.165, 1.54) is 10.9 Å². The van der Waals surface area contributed by atoms with Gasteiger partial charge in [0.05, 0.1) is 0 Å². The van der Waals surface area contributed by atoms with Gasteiger partial charge in [0.15, 0.2) is 5.82 Å². The van der Waals surface area contributed by atoms with Crippen LogP contribution in [0.25, 0.3) is 0 Å². The van der Waals surface area contributed by atoms with Crippen LogP contribution in [0.5, 0.6) is 0 Å². The summed E-state index contributed by atoms with van der Waals surface area (Å²) in [4.78, 5) is 2.46. The predicted octanol–water partition coefficient (Wildman–Crippen LogP) is 0.495. The first-order valence-corrected chi connectivity index (χ1v) is 8.99. The summed E-state index contributed by atoms with van der Waals surface area (Å²) in [5, 5.41) is 3.98. The van der Waals surface area contributed by atoms with Crippen molar-refractivity contribution in [3.8, 4) is 0 Å². The highest BCUT2D eigenvalue weighted by molar-refractivity contribution is 7.89. The number of hydrogen-bond acceptors (Lipinski definition) is 5. The second-order valence-electron chi connectivity index (χ2n) is 5.46. The van der Waals surface area contributed by atoms with Gasteiger partial charge in [0.25, 0.3) is 0 Å². The fraction of sp³-hybridized carbons (Fsp3) is 0.769. The van der Waals surface area contributed by atoms with Crippen LogP contribution in [0, 0.1) is 5.92 Å². The van der Waals surface area contributed by atoms with Crippen LogP contribution in [0.4, 0.5) is 5.82 Å². The summed E-state index contributed by atoms with van der Waals surface area (Å²) in [5.41, 5.74) is 5.69. The first-order valence-electron chi connectivity index (χ1n) is 7.51. The summed E-state index contributed by atoms with van der Waals surface area (Å²) in [6.45, 7) is 8.24. The standard InChI is InChI=1S/C13H25N5O2S/c1-3-17-7-5-11(6-8-17)9-15-21(19,20)12-10-18(4-2)16-13(12)14/h10-11,15H,3-9H2,1-2H3,(H2,14,16). The Morgan fingerprint density at radius 3 is 2.52 bits per heavy atom. The first kappa shape index (κ1) is 16.3. The molecular formula is C13H25N5O2S. The molecule has 21 heavy (non-hydrogen) atoms. The Bertz CT molecular complexity index is 561. The number of likely N-dealkylation sites (tertiary alicyclic amines) is 1. The third kappa shape index (κ3) is 3.96. The van der Waals surface area contributed by atoms with E-state index in [1.807, 2.05) is 6.92 Å². The molecule has 1 aliphatic rings. The Hall–Kier alpha value is -1.12. The zero-order valence-corrected chi connectivity index (χ0v) is 13.6. The van der Waals surface area contributed by atoms with E-state index in [0.717, 1.165) is 32.5 Å². The van der Waals surface area contributed by atoms with Gasteiger partial charge in [0, 0.05) is 19.3 Å². The van der Waals surface area contributed by atoms with Crippen molar-refractivity contribution >= 4 is 15.8 Å². The molecule has 1 aromatic heterocycles. The number of hydrogen-bond donors (Lipinski definition) is 2. The minimum absolute atomic E-state index is 0.0603. The third-order valence-corrected chi connectivity index (χ3v) is 5.53. The largest absolute Gasteiger partial charge is 0.381 e. The van der Waals surface area contributed by atoms with Crippen LogP contribution < -0.4 is 10.5 Å². The molecule has 2 rings (SSSR count). The van der Waals surface area contributed by atoms with Gasteiger partial charge in [0.1, 0.15) is 4.90 Å². The summed E-state index contributed by atoms with van der Waals surface area (Å²) < 4.78 is 28.8. The van der Waals surface area contributed by atoms with Gasteiger partial charge in [-0.25, -0.2) is 13.1 Å². The molecule has 0 amide bonds. The zero-order valence-electron chi connectivity index (χ0n) is 12.7. The van der Waals surface area contributed by atoms with Crippen LogP contribution in [0.1, 0.15) is 26.7 Å². The van der Waals surface area contributed by atoms with Crippen LogP contribution >= 0.6 is 0 Å². The van der Waals surface area contributed by atoms with Crippen LogP contribution in [0.3, 0.4) is 0 Å². The lowest BCUT2D eigenvalue weighted by Crippen LogP contribution is -2.38. The number of aromatic nitrogens is 2. The van der Waals surface area contributed by atoms with Gasteiger partial charge < -0.3 is 10.6 Å². The average molecular weight is 315 g/mol. The lowest BCUT2D eigenvalue weighted by Gasteiger charge is -2.30. The molecule has 1 saturated heterocycles. The molecule has 0 aromatic carbocycles. The lowest BCUT2D eigenvalue weighted by atomic mass is 9.97. The summed E-state index contributed by atoms with van der Waals surface area (Å²) in [6.07, 6.45) is 3.54. The molecule has 7 nitrogen and oxygen atoms in total. The molecule has 2 heterocycles. The molecule has 120 valence electrons. The average Bonchev–Trinajstić information content (AvgIpc) is 2.88. The topological polar surface area (TPSA) is 93.2 Å². The van der Waals surface area contributed by atoms with Gasteiger partial charge in [-0.1, -0.05) is 6.92 Å². The van der Waals surface area contributed by atoms with Crippen molar-refractivity contribution in [3.05, 3.63) is 6.20 Å². The van der Waals surface area contributed by atoms with Gasteiger partial charge in [-0.15, -0.1) is 0 Å². The molecule has 0 unspecified atom stereocenters. The highest BCUT2D eigenvalue weighted by atomic mass is 32.2. The first-order chi connectivity index (χ1) is 9.96. The second kappa shape index (κ2) is 6.76. The fourth-order valence-corrected chi connectivity index (χ4v) is 3.79. The van der Waals surface area contributed by atoms with Crippen molar-refractivity contribution in [1.82, 2.24) is 19.4 Å². The van der Waals surface area contributed by atoms with E-state index in [9.17, 15) is 8.42 Å². The Morgan fingerprint density at radius 2 is 2.00 bits per heavy atom. The van der Waals surface area contributed by atoms with E-state index in [2.05, 4.69) is 21.6 Å². The number of nitrogens with one attached hydrogen (secondary N) is 1. The lowest BCUT2D eigenvalue weighted by molar-refractivity contribution is 0.194. The van der Waals surface area contributed by atoms with Crippen LogP contribution in [-0.2, 0) is 16.6 Å². The minimum Gasteiger partial charge on any atom is -0.381 e. The van der Waals surface area contributed by atoms with Crippen molar-refractivity contribution < 1.29 is 8.42 Å². The SMILES string of the molecule is CCN1CCC(CNS(=O)(=O)c2cn(CC)nc2N)CC1. The van der Waals surface area contributed by atoms with E-state index < -0.39 is 10.0 Å². The Balaban J connectivity index is 1.94. The van der Waals surface area contributed by atoms with Gasteiger partial charge in [-0.2, -0.15) is 5.10 Å². The molecule has 0 radical (unpaired) electrons. The summed E-state index contributed by atoms with van der Waals surface area (Å²) in [7, 11) is -3.57. The molecule has 8 heteroatoms. The van der Waals surface area contributed by atoms with E-state index in [-0.39, 0.29) is 10.7 Å². The van der Waals surface area contributed by atoms with Crippen molar-refractivity contribution in [3.63, 3.8) is 0 Å². The minimum atomic E-state index is -3.57. The smallest absolute Gasteiger partial charge is 0.245 e. The maximum Gasteiger partial charge on any atom is 0.245 e. The van der Waals surface area contributed by atoms with E-state index in [1.54, 1.807) is 0 Å². The number of aryl methyl sites for hydroxylation is 1. The van der Waals surface area contributed by atoms with Crippen molar-refractivity contribution in [2.24, 2.45) is 5.92 Å². The van der Waals surface area contributed by atoms with Crippen LogP contribution in [0.15, 0.2) is 11.1 Å². The summed E-state index contributed by atoms with van der Waals surface area (Å²) in [6, 6.07) is 0. The number of sulfonamides is 1. The van der Waals surface area contributed by atoms with Crippen molar-refractivity contribution in [2.45, 2.75) is 38.1 Å². The monoisotopic (exact) mass is 315 g/mol. The maximum absolute atomic E-state index is 12.3. The zero-order chi connectivity index (χ0) is 15.5. The van der Waals surface area contributed by atoms with E-state index in [0.29, 0.717) is 19.0 Å². The van der Waals surface area contributed by atoms with E-state index >= 15 is 0 Å². The molecule has 0 atom stereocenters. The number of piperidine rings is 1. The second-order valence-corrected chi connectivity index (χ2v) is 7.20. The fourth-order valence-electron chi connectivity index (χ4n) is 2.60. The van der Waals surface area contributed by atoms with Gasteiger partial charge >= 0.3 is 0 Å². The number of rotatable bonds is 6. The number of nitrogen functional groups attached to an aromatic ring is 1. The molecule has 1 fully saturated rings. The molecule has 0 spiro atoms. The van der Waals surface area contributed by atoms with E-state index in [4.69, 9.17) is 5.73 Å². The van der Waals surface area contributed by atoms with Crippen LogP contribution in [-0.4, -0.2) is 49.3 Å². The molecule has 1 aliphatic heterocycles. The maximum atomic E-state index is 12.3. The molecule has 1 aromatic rings. The number of anilines is 1. The molecule has 0 saturated carbocycles. The summed E-state index contributed by atoms with van der Waals surface area (Å²) >= 11 is 0. The number of nitrogens with two attached hydrogens (primary N) is 1. The highest BCUT2D eigenvalue weighted by Crippen LogP contribution is 2.19.